The van der Waals surface area contributed by atoms with Crippen molar-refractivity contribution in [1.82, 2.24) is 15.5 Å². The molecule has 3 N–H and O–H groups in total. The molecule has 5 rings (SSSR count). The highest BCUT2D eigenvalue weighted by molar-refractivity contribution is 6.31. The van der Waals surface area contributed by atoms with E-state index in [2.05, 4.69) is 16.0 Å². The third-order valence-corrected chi connectivity index (χ3v) is 7.99. The second-order valence-electron chi connectivity index (χ2n) is 9.87. The highest BCUT2D eigenvalue weighted by atomic mass is 35.5. The molecule has 1 aromatic rings. The van der Waals surface area contributed by atoms with Gasteiger partial charge in [-0.1, -0.05) is 17.7 Å². The van der Waals surface area contributed by atoms with Crippen LogP contribution in [0.15, 0.2) is 18.2 Å². The van der Waals surface area contributed by atoms with Crippen molar-refractivity contribution in [2.24, 2.45) is 11.8 Å². The Hall–Kier alpha value is -2.93. The summed E-state index contributed by atoms with van der Waals surface area (Å²) in [6.07, 6.45) is 1.45. The number of nitrogens with zero attached hydrogens (tertiary/aromatic N) is 2. The number of benzene rings is 1. The second kappa shape index (κ2) is 10.6. The maximum Gasteiger partial charge on any atom is 0.255 e. The first-order valence-corrected chi connectivity index (χ1v) is 12.7. The van der Waals surface area contributed by atoms with Crippen LogP contribution in [-0.2, 0) is 14.4 Å². The first-order valence-electron chi connectivity index (χ1n) is 12.3. The molecule has 3 amide bonds. The van der Waals surface area contributed by atoms with Gasteiger partial charge in [0.05, 0.1) is 18.5 Å². The van der Waals surface area contributed by atoms with Crippen molar-refractivity contribution < 1.29 is 23.2 Å². The fourth-order valence-electron chi connectivity index (χ4n) is 5.67. The molecule has 3 aliphatic heterocycles. The molecule has 0 spiro atoms. The van der Waals surface area contributed by atoms with Gasteiger partial charge in [0.25, 0.3) is 5.92 Å². The van der Waals surface area contributed by atoms with Crippen LogP contribution >= 0.6 is 11.6 Å². The number of rotatable bonds is 7. The van der Waals surface area contributed by atoms with E-state index in [1.807, 2.05) is 6.07 Å². The number of alkyl halides is 2. The summed E-state index contributed by atoms with van der Waals surface area (Å²) < 4.78 is 29.7. The number of carbonyl (C=O) groups is 3. The summed E-state index contributed by atoms with van der Waals surface area (Å²) in [4.78, 5) is 40.0. The molecule has 36 heavy (non-hydrogen) atoms. The van der Waals surface area contributed by atoms with Crippen LogP contribution in [0.4, 0.5) is 14.5 Å². The third-order valence-electron chi connectivity index (χ3n) is 7.58. The van der Waals surface area contributed by atoms with Crippen LogP contribution in [0.3, 0.4) is 0 Å². The molecule has 2 bridgehead atoms. The minimum absolute atomic E-state index is 0.0921. The summed E-state index contributed by atoms with van der Waals surface area (Å²) in [5.41, 5.74) is 1.39. The minimum Gasteiger partial charge on any atom is -0.376 e. The van der Waals surface area contributed by atoms with Gasteiger partial charge in [0, 0.05) is 35.6 Å². The van der Waals surface area contributed by atoms with Gasteiger partial charge < -0.3 is 20.9 Å². The van der Waals surface area contributed by atoms with E-state index in [4.69, 9.17) is 11.6 Å². The molecule has 3 heterocycles. The Morgan fingerprint density at radius 2 is 2.11 bits per heavy atom. The first-order chi connectivity index (χ1) is 17.1. The predicted molar refractivity (Wildman–Crippen MR) is 129 cm³/mol. The smallest absolute Gasteiger partial charge is 0.255 e. The fourth-order valence-corrected chi connectivity index (χ4v) is 5.85. The molecule has 3 saturated heterocycles. The Bertz CT molecular complexity index is 1080. The maximum atomic E-state index is 14.9. The molecule has 5 atom stereocenters. The lowest BCUT2D eigenvalue weighted by Gasteiger charge is -2.53. The third kappa shape index (κ3) is 5.26. The quantitative estimate of drug-likeness (QED) is 0.510. The van der Waals surface area contributed by atoms with Crippen molar-refractivity contribution in [3.8, 4) is 6.07 Å². The number of piperidine rings is 3. The number of fused-ring (bicyclic) bond motifs is 3. The molecular weight excluding hydrogens is 492 g/mol. The highest BCUT2D eigenvalue weighted by Crippen LogP contribution is 2.49. The molecule has 8 nitrogen and oxygen atoms in total. The van der Waals surface area contributed by atoms with Gasteiger partial charge in [0.15, 0.2) is 0 Å². The van der Waals surface area contributed by atoms with Crippen LogP contribution in [0.2, 0.25) is 5.02 Å². The van der Waals surface area contributed by atoms with Crippen LogP contribution in [0.25, 0.3) is 0 Å². The van der Waals surface area contributed by atoms with Crippen LogP contribution in [0.1, 0.15) is 44.1 Å². The van der Waals surface area contributed by atoms with Crippen molar-refractivity contribution in [2.75, 3.05) is 18.4 Å². The van der Waals surface area contributed by atoms with Crippen molar-refractivity contribution in [2.45, 2.75) is 69.5 Å². The van der Waals surface area contributed by atoms with E-state index in [0.717, 1.165) is 12.0 Å². The number of nitrogens with one attached hydrogen (secondary N) is 3. The molecule has 4 fully saturated rings. The number of anilines is 1. The van der Waals surface area contributed by atoms with Crippen molar-refractivity contribution in [3.63, 3.8) is 0 Å². The molecule has 1 saturated carbocycles. The van der Waals surface area contributed by atoms with Gasteiger partial charge in [-0.3, -0.25) is 14.4 Å². The Morgan fingerprint density at radius 1 is 1.33 bits per heavy atom. The Morgan fingerprint density at radius 3 is 2.81 bits per heavy atom. The topological polar surface area (TPSA) is 114 Å². The minimum atomic E-state index is -3.09. The van der Waals surface area contributed by atoms with E-state index in [9.17, 15) is 28.4 Å². The standard InChI is InChI=1S/C25H30ClF2N5O3/c1-14-19(26)5-2-6-20(14)31-13-21(34)33-17-7-8-18(25(27,28)11-17)22(33)24(36)32-16(12-29)10-15-4-3-9-30-23(15)35/h2,5-6,15-18,22,31H,3-4,7-11,13H2,1H3,(H,30,35)(H,32,36)/t15-,16+,17-,18-,22-/m1/s1. The Kier molecular flexibility index (Phi) is 7.69. The zero-order valence-electron chi connectivity index (χ0n) is 20.0. The molecule has 0 aromatic heterocycles. The molecule has 1 aliphatic carbocycles. The van der Waals surface area contributed by atoms with Gasteiger partial charge in [-0.25, -0.2) is 8.78 Å². The maximum absolute atomic E-state index is 14.9. The van der Waals surface area contributed by atoms with Crippen LogP contribution in [0.5, 0.6) is 0 Å². The van der Waals surface area contributed by atoms with Crippen molar-refractivity contribution >= 4 is 35.0 Å². The summed E-state index contributed by atoms with van der Waals surface area (Å²) in [7, 11) is 0. The average molecular weight is 522 g/mol. The molecule has 11 heteroatoms. The van der Waals surface area contributed by atoms with Gasteiger partial charge >= 0.3 is 0 Å². The number of nitriles is 1. The number of hydrogen-bond acceptors (Lipinski definition) is 5. The zero-order chi connectivity index (χ0) is 26.0. The summed E-state index contributed by atoms with van der Waals surface area (Å²) >= 11 is 6.14. The van der Waals surface area contributed by atoms with E-state index >= 15 is 0 Å². The van der Waals surface area contributed by atoms with E-state index in [1.54, 1.807) is 25.1 Å². The largest absolute Gasteiger partial charge is 0.376 e. The zero-order valence-corrected chi connectivity index (χ0v) is 20.8. The summed E-state index contributed by atoms with van der Waals surface area (Å²) in [5.74, 6) is -6.30. The molecule has 1 aromatic carbocycles. The van der Waals surface area contributed by atoms with Crippen LogP contribution in [-0.4, -0.2) is 59.8 Å². The predicted octanol–water partition coefficient (Wildman–Crippen LogP) is 3.00. The van der Waals surface area contributed by atoms with Gasteiger partial charge in [0.1, 0.15) is 12.1 Å². The van der Waals surface area contributed by atoms with Gasteiger partial charge in [-0.2, -0.15) is 5.26 Å². The molecule has 4 aliphatic rings. The average Bonchev–Trinajstić information content (AvgIpc) is 2.84. The van der Waals surface area contributed by atoms with Gasteiger partial charge in [-0.15, -0.1) is 0 Å². The van der Waals surface area contributed by atoms with Crippen molar-refractivity contribution in [1.29, 1.82) is 5.26 Å². The Balaban J connectivity index is 1.50. The Labute approximate surface area is 213 Å². The number of halogens is 3. The lowest BCUT2D eigenvalue weighted by Crippen LogP contribution is -2.69. The van der Waals surface area contributed by atoms with E-state index in [-0.39, 0.29) is 25.3 Å². The first kappa shape index (κ1) is 26.1. The number of amides is 3. The molecule has 194 valence electrons. The number of hydrogen-bond donors (Lipinski definition) is 3. The molecular formula is C25H30ClF2N5O3. The molecule has 0 radical (unpaired) electrons. The SMILES string of the molecule is Cc1c(Cl)cccc1NCC(=O)N1[C@@H]2CC[C@H]([C@@H]1C(=O)N[C@H](C#N)C[C@H]1CCCNC1=O)C(F)(F)C2. The van der Waals surface area contributed by atoms with Crippen LogP contribution < -0.4 is 16.0 Å². The highest BCUT2D eigenvalue weighted by Gasteiger charge is 2.60. The lowest BCUT2D eigenvalue weighted by molar-refractivity contribution is -0.193. The van der Waals surface area contributed by atoms with Crippen molar-refractivity contribution in [3.05, 3.63) is 28.8 Å². The van der Waals surface area contributed by atoms with E-state index in [1.165, 1.54) is 4.90 Å². The van der Waals surface area contributed by atoms with E-state index in [0.29, 0.717) is 30.1 Å². The summed E-state index contributed by atoms with van der Waals surface area (Å²) in [6.45, 7) is 2.17. The molecule has 0 unspecified atom stereocenters. The normalized spacial score (nSPS) is 27.5. The summed E-state index contributed by atoms with van der Waals surface area (Å²) in [6, 6.07) is 4.00. The lowest BCUT2D eigenvalue weighted by atomic mass is 9.71. The fraction of sp³-hybridized carbons (Fsp3) is 0.600. The van der Waals surface area contributed by atoms with E-state index < -0.39 is 54.1 Å². The number of carbonyl (C=O) groups excluding carboxylic acids is 3. The second-order valence-corrected chi connectivity index (χ2v) is 10.3. The summed E-state index contributed by atoms with van der Waals surface area (Å²) in [5, 5.41) is 18.4. The monoisotopic (exact) mass is 521 g/mol. The van der Waals surface area contributed by atoms with Gasteiger partial charge in [0.2, 0.25) is 17.7 Å². The van der Waals surface area contributed by atoms with Gasteiger partial charge in [-0.05, 0) is 56.7 Å². The van der Waals surface area contributed by atoms with Crippen LogP contribution in [0, 0.1) is 30.1 Å².